The van der Waals surface area contributed by atoms with Crippen molar-refractivity contribution in [3.8, 4) is 0 Å². The van der Waals surface area contributed by atoms with Gasteiger partial charge in [-0.3, -0.25) is 15.0 Å². The number of hydrogen-bond donors (Lipinski definition) is 1. The summed E-state index contributed by atoms with van der Waals surface area (Å²) in [4.78, 5) is 28.3. The van der Waals surface area contributed by atoms with E-state index >= 15 is 0 Å². The number of fused-ring (bicyclic) bond motifs is 1. The number of piperidine rings is 1. The van der Waals surface area contributed by atoms with Crippen molar-refractivity contribution in [2.45, 2.75) is 31.5 Å². The zero-order valence-electron chi connectivity index (χ0n) is 18.3. The first-order valence-electron chi connectivity index (χ1n) is 11.3. The molecule has 1 unspecified atom stereocenters. The van der Waals surface area contributed by atoms with Crippen LogP contribution < -0.4 is 5.32 Å². The van der Waals surface area contributed by atoms with Gasteiger partial charge in [0.05, 0.1) is 11.0 Å². The normalized spacial score (nSPS) is 19.1. The highest BCUT2D eigenvalue weighted by Gasteiger charge is 2.39. The molecule has 0 aromatic heterocycles. The average molecular weight is 443 g/mol. The van der Waals surface area contributed by atoms with Crippen LogP contribution in [0.4, 0.5) is 16.2 Å². The van der Waals surface area contributed by atoms with E-state index in [0.29, 0.717) is 6.54 Å². The van der Waals surface area contributed by atoms with Crippen LogP contribution in [0.5, 0.6) is 0 Å². The molecule has 1 N–H and O–H groups in total. The van der Waals surface area contributed by atoms with Crippen LogP contribution in [0.2, 0.25) is 0 Å². The van der Waals surface area contributed by atoms with Crippen molar-refractivity contribution in [2.75, 3.05) is 18.4 Å². The van der Waals surface area contributed by atoms with Crippen molar-refractivity contribution in [1.29, 1.82) is 0 Å². The number of hydrogen-bond acceptors (Lipinski definition) is 4. The van der Waals surface area contributed by atoms with E-state index in [1.165, 1.54) is 6.07 Å². The number of nitrogens with zero attached hydrogens (tertiary/aromatic N) is 3. The molecule has 7 nitrogen and oxygen atoms in total. The van der Waals surface area contributed by atoms with E-state index in [2.05, 4.69) is 28.4 Å². The van der Waals surface area contributed by atoms with E-state index in [1.807, 2.05) is 47.4 Å². The third-order valence-corrected chi connectivity index (χ3v) is 6.60. The summed E-state index contributed by atoms with van der Waals surface area (Å²) in [6.07, 6.45) is 1.71. The second kappa shape index (κ2) is 9.03. The molecule has 3 aromatic rings. The van der Waals surface area contributed by atoms with Crippen molar-refractivity contribution in [1.82, 2.24) is 9.80 Å². The van der Waals surface area contributed by atoms with Crippen molar-refractivity contribution in [2.24, 2.45) is 0 Å². The Morgan fingerprint density at radius 2 is 1.67 bits per heavy atom. The number of para-hydroxylation sites is 1. The number of likely N-dealkylation sites (tertiary alicyclic amines) is 1. The fourth-order valence-electron chi connectivity index (χ4n) is 5.03. The van der Waals surface area contributed by atoms with E-state index in [9.17, 15) is 14.9 Å². The minimum absolute atomic E-state index is 0.0558. The number of benzene rings is 3. The van der Waals surface area contributed by atoms with Crippen LogP contribution >= 0.6 is 0 Å². The van der Waals surface area contributed by atoms with Crippen LogP contribution in [0.15, 0.2) is 78.9 Å². The first-order chi connectivity index (χ1) is 16.1. The Kier molecular flexibility index (Phi) is 5.79. The molecule has 7 heteroatoms. The van der Waals surface area contributed by atoms with E-state index in [-0.39, 0.29) is 28.7 Å². The van der Waals surface area contributed by atoms with Crippen molar-refractivity contribution in [3.63, 3.8) is 0 Å². The number of nitro benzene ring substituents is 1. The lowest BCUT2D eigenvalue weighted by molar-refractivity contribution is -0.384. The molecule has 3 aromatic carbocycles. The quantitative estimate of drug-likeness (QED) is 0.435. The summed E-state index contributed by atoms with van der Waals surface area (Å²) in [5.74, 6) is 0. The van der Waals surface area contributed by atoms with E-state index < -0.39 is 0 Å². The Morgan fingerprint density at radius 1 is 0.939 bits per heavy atom. The largest absolute Gasteiger partial charge is 0.322 e. The number of non-ortho nitro benzene ring substituents is 1. The highest BCUT2D eigenvalue weighted by atomic mass is 16.6. The van der Waals surface area contributed by atoms with Gasteiger partial charge in [-0.25, -0.2) is 4.79 Å². The Morgan fingerprint density at radius 3 is 2.42 bits per heavy atom. The summed E-state index contributed by atoms with van der Waals surface area (Å²) in [7, 11) is 0. The van der Waals surface area contributed by atoms with Gasteiger partial charge in [-0.15, -0.1) is 0 Å². The molecule has 0 bridgehead atoms. The van der Waals surface area contributed by atoms with E-state index in [0.717, 1.165) is 48.3 Å². The van der Waals surface area contributed by atoms with Crippen molar-refractivity contribution < 1.29 is 9.72 Å². The smallest absolute Gasteiger partial charge is 0.310 e. The van der Waals surface area contributed by atoms with Gasteiger partial charge in [0.1, 0.15) is 0 Å². The molecule has 2 aliphatic rings. The van der Waals surface area contributed by atoms with Gasteiger partial charge >= 0.3 is 6.03 Å². The maximum atomic E-state index is 13.3. The summed E-state index contributed by atoms with van der Waals surface area (Å²) in [6.45, 7) is 2.34. The van der Waals surface area contributed by atoms with Crippen LogP contribution in [0.3, 0.4) is 0 Å². The van der Waals surface area contributed by atoms with Gasteiger partial charge in [-0.1, -0.05) is 60.7 Å². The van der Waals surface area contributed by atoms with Gasteiger partial charge in [-0.05, 0) is 30.0 Å². The van der Waals surface area contributed by atoms with Gasteiger partial charge in [0.15, 0.2) is 0 Å². The first kappa shape index (κ1) is 21.2. The number of anilines is 1. The van der Waals surface area contributed by atoms with Gasteiger partial charge in [0, 0.05) is 49.1 Å². The zero-order valence-corrected chi connectivity index (χ0v) is 18.3. The molecule has 0 saturated carbocycles. The molecule has 0 spiro atoms. The summed E-state index contributed by atoms with van der Waals surface area (Å²) in [5.41, 5.74) is 4.16. The van der Waals surface area contributed by atoms with Gasteiger partial charge in [-0.2, -0.15) is 0 Å². The molecule has 33 heavy (non-hydrogen) atoms. The Hall–Kier alpha value is -3.71. The molecule has 1 fully saturated rings. The SMILES string of the molecule is O=C1Nc2ccccc2C(c2ccccc2)N1C1CCN(Cc2cccc([N+](=O)[O-])c2)CC1. The third kappa shape index (κ3) is 4.32. The summed E-state index contributed by atoms with van der Waals surface area (Å²) < 4.78 is 0. The number of carbonyl (C=O) groups excluding carboxylic acids is 1. The maximum absolute atomic E-state index is 13.3. The van der Waals surface area contributed by atoms with Gasteiger partial charge in [0.2, 0.25) is 0 Å². The molecular formula is C26H26N4O3. The average Bonchev–Trinajstić information content (AvgIpc) is 2.84. The van der Waals surface area contributed by atoms with Crippen molar-refractivity contribution >= 4 is 17.4 Å². The predicted molar refractivity (Wildman–Crippen MR) is 127 cm³/mol. The Labute approximate surface area is 192 Å². The minimum Gasteiger partial charge on any atom is -0.310 e. The molecule has 2 amide bonds. The molecule has 168 valence electrons. The lowest BCUT2D eigenvalue weighted by Crippen LogP contribution is -2.52. The van der Waals surface area contributed by atoms with Crippen LogP contribution in [-0.2, 0) is 6.54 Å². The summed E-state index contributed by atoms with van der Waals surface area (Å²) in [5, 5.41) is 14.2. The molecule has 5 rings (SSSR count). The van der Waals surface area contributed by atoms with Crippen LogP contribution in [0.1, 0.15) is 35.6 Å². The highest BCUT2D eigenvalue weighted by molar-refractivity contribution is 5.93. The van der Waals surface area contributed by atoms with E-state index in [4.69, 9.17) is 0 Å². The highest BCUT2D eigenvalue weighted by Crippen LogP contribution is 2.40. The lowest BCUT2D eigenvalue weighted by Gasteiger charge is -2.45. The zero-order chi connectivity index (χ0) is 22.8. The standard InChI is InChI=1S/C26H26N4O3/c31-26-27-24-12-5-4-11-23(24)25(20-8-2-1-3-9-20)29(26)21-13-15-28(16-14-21)18-19-7-6-10-22(17-19)30(32)33/h1-12,17,21,25H,13-16,18H2,(H,27,31). The summed E-state index contributed by atoms with van der Waals surface area (Å²) >= 11 is 0. The topological polar surface area (TPSA) is 78.7 Å². The fourth-order valence-corrected chi connectivity index (χ4v) is 5.03. The maximum Gasteiger partial charge on any atom is 0.322 e. The Balaban J connectivity index is 1.34. The Bertz CT molecular complexity index is 1160. The number of urea groups is 1. The third-order valence-electron chi connectivity index (χ3n) is 6.60. The molecular weight excluding hydrogens is 416 g/mol. The molecule has 1 atom stereocenters. The van der Waals surface area contributed by atoms with E-state index in [1.54, 1.807) is 12.1 Å². The molecule has 2 heterocycles. The number of rotatable bonds is 5. The molecule has 0 radical (unpaired) electrons. The van der Waals surface area contributed by atoms with Crippen molar-refractivity contribution in [3.05, 3.63) is 106 Å². The molecule has 1 saturated heterocycles. The minimum atomic E-state index is -0.355. The molecule has 2 aliphatic heterocycles. The predicted octanol–water partition coefficient (Wildman–Crippen LogP) is 5.20. The van der Waals surface area contributed by atoms with Gasteiger partial charge in [0.25, 0.3) is 5.69 Å². The molecule has 0 aliphatic carbocycles. The second-order valence-electron chi connectivity index (χ2n) is 8.67. The number of nitro groups is 1. The lowest BCUT2D eigenvalue weighted by atomic mass is 9.90. The fraction of sp³-hybridized carbons (Fsp3) is 0.269. The summed E-state index contributed by atoms with van der Waals surface area (Å²) in [6, 6.07) is 25.0. The number of amides is 2. The first-order valence-corrected chi connectivity index (χ1v) is 11.3. The second-order valence-corrected chi connectivity index (χ2v) is 8.67. The van der Waals surface area contributed by atoms with Crippen LogP contribution in [-0.4, -0.2) is 39.9 Å². The number of carbonyl (C=O) groups is 1. The van der Waals surface area contributed by atoms with Crippen LogP contribution in [0, 0.1) is 10.1 Å². The monoisotopic (exact) mass is 442 g/mol. The van der Waals surface area contributed by atoms with Gasteiger partial charge < -0.3 is 10.2 Å². The number of nitrogens with one attached hydrogen (secondary N) is 1. The van der Waals surface area contributed by atoms with Crippen LogP contribution in [0.25, 0.3) is 0 Å².